The SMILES string of the molecule is CC(C)OC(=O)C[Si](Cl)(Cl)Cl. The van der Waals surface area contributed by atoms with Gasteiger partial charge in [0.05, 0.1) is 12.1 Å². The number of carbonyl (C=O) groups excluding carboxylic acids is 1. The van der Waals surface area contributed by atoms with Crippen LogP contribution in [0.1, 0.15) is 13.8 Å². The number of hydrogen-bond donors (Lipinski definition) is 0. The highest BCUT2D eigenvalue weighted by Gasteiger charge is 2.30. The molecule has 6 heteroatoms. The minimum absolute atomic E-state index is 0.0736. The molecule has 0 aliphatic rings. The van der Waals surface area contributed by atoms with Gasteiger partial charge in [-0.2, -0.15) is 0 Å². The van der Waals surface area contributed by atoms with Crippen LogP contribution >= 0.6 is 33.2 Å². The van der Waals surface area contributed by atoms with E-state index < -0.39 is 12.0 Å². The maximum atomic E-state index is 10.8. The molecule has 0 aliphatic heterocycles. The van der Waals surface area contributed by atoms with Gasteiger partial charge in [-0.05, 0) is 13.8 Å². The zero-order valence-electron chi connectivity index (χ0n) is 6.23. The van der Waals surface area contributed by atoms with Crippen molar-refractivity contribution in [2.45, 2.75) is 26.0 Å². The van der Waals surface area contributed by atoms with Gasteiger partial charge in [-0.15, -0.1) is 33.2 Å². The van der Waals surface area contributed by atoms with E-state index in [4.69, 9.17) is 38.0 Å². The Morgan fingerprint density at radius 1 is 1.45 bits per heavy atom. The molecule has 2 nitrogen and oxygen atoms in total. The third kappa shape index (κ3) is 8.46. The molecule has 0 aliphatic carbocycles. The minimum atomic E-state index is -2.84. The van der Waals surface area contributed by atoms with Crippen molar-refractivity contribution in [3.63, 3.8) is 0 Å². The van der Waals surface area contributed by atoms with Gasteiger partial charge in [0.2, 0.25) is 0 Å². The highest BCUT2D eigenvalue weighted by atomic mass is 35.8. The normalized spacial score (nSPS) is 11.8. The third-order valence-electron chi connectivity index (χ3n) is 0.712. The summed E-state index contributed by atoms with van der Waals surface area (Å²) in [6.07, 6.45) is -0.149. The van der Waals surface area contributed by atoms with Crippen LogP contribution in [0, 0.1) is 0 Å². The van der Waals surface area contributed by atoms with E-state index in [0.717, 1.165) is 0 Å². The molecule has 0 rings (SSSR count). The second-order valence-corrected chi connectivity index (χ2v) is 11.5. The Labute approximate surface area is 80.9 Å². The molecule has 0 unspecified atom stereocenters. The Morgan fingerprint density at radius 2 is 1.91 bits per heavy atom. The Morgan fingerprint density at radius 3 is 2.18 bits per heavy atom. The van der Waals surface area contributed by atoms with Crippen LogP contribution in [-0.2, 0) is 9.53 Å². The molecule has 11 heavy (non-hydrogen) atoms. The van der Waals surface area contributed by atoms with E-state index in [0.29, 0.717) is 0 Å². The van der Waals surface area contributed by atoms with Crippen molar-refractivity contribution in [2.75, 3.05) is 0 Å². The molecular weight excluding hydrogens is 226 g/mol. The van der Waals surface area contributed by atoms with Gasteiger partial charge in [-0.25, -0.2) is 0 Å². The summed E-state index contributed by atoms with van der Waals surface area (Å²) in [6, 6.07) is -2.92. The van der Waals surface area contributed by atoms with Gasteiger partial charge in [0.15, 0.2) is 0 Å². The molecule has 0 fully saturated rings. The Bertz CT molecular complexity index is 143. The third-order valence-corrected chi connectivity index (χ3v) is 2.60. The van der Waals surface area contributed by atoms with Gasteiger partial charge in [-0.3, -0.25) is 4.79 Å². The summed E-state index contributed by atoms with van der Waals surface area (Å²) < 4.78 is 4.77. The predicted octanol–water partition coefficient (Wildman–Crippen LogP) is 2.59. The molecule has 0 bridgehead atoms. The Kier molecular flexibility index (Phi) is 4.78. The summed E-state index contributed by atoms with van der Waals surface area (Å²) in [6.45, 7) is 3.50. The van der Waals surface area contributed by atoms with E-state index >= 15 is 0 Å². The van der Waals surface area contributed by atoms with E-state index in [1.807, 2.05) is 0 Å². The van der Waals surface area contributed by atoms with Gasteiger partial charge in [0.1, 0.15) is 0 Å². The largest absolute Gasteiger partial charge is 0.463 e. The smallest absolute Gasteiger partial charge is 0.352 e. The number of carbonyl (C=O) groups is 1. The van der Waals surface area contributed by atoms with Crippen LogP contribution in [-0.4, -0.2) is 18.1 Å². The average molecular weight is 236 g/mol. The van der Waals surface area contributed by atoms with E-state index in [1.165, 1.54) is 0 Å². The lowest BCUT2D eigenvalue weighted by Crippen LogP contribution is -2.20. The molecule has 0 atom stereocenters. The lowest BCUT2D eigenvalue weighted by atomic mass is 10.5. The summed E-state index contributed by atoms with van der Waals surface area (Å²) >= 11 is 16.4. The predicted molar refractivity (Wildman–Crippen MR) is 49.3 cm³/mol. The van der Waals surface area contributed by atoms with Crippen molar-refractivity contribution in [1.29, 1.82) is 0 Å². The van der Waals surface area contributed by atoms with Crippen molar-refractivity contribution >= 4 is 45.2 Å². The molecule has 0 radical (unpaired) electrons. The first kappa shape index (κ1) is 11.6. The van der Waals surface area contributed by atoms with Gasteiger partial charge in [0.25, 0.3) is 0 Å². The first-order valence-corrected chi connectivity index (χ1v) is 8.32. The average Bonchev–Trinajstić information content (AvgIpc) is 1.53. The molecule has 0 aromatic rings. The lowest BCUT2D eigenvalue weighted by Gasteiger charge is -2.10. The van der Waals surface area contributed by atoms with Crippen LogP contribution in [0.15, 0.2) is 0 Å². The molecule has 0 aromatic heterocycles. The number of ether oxygens (including phenoxy) is 1. The molecule has 0 spiro atoms. The number of hydrogen-bond acceptors (Lipinski definition) is 2. The van der Waals surface area contributed by atoms with Crippen molar-refractivity contribution in [1.82, 2.24) is 0 Å². The van der Waals surface area contributed by atoms with E-state index in [-0.39, 0.29) is 12.1 Å². The molecule has 0 amide bonds. The van der Waals surface area contributed by atoms with E-state index in [2.05, 4.69) is 0 Å². The quantitative estimate of drug-likeness (QED) is 0.427. The highest BCUT2D eigenvalue weighted by Crippen LogP contribution is 2.25. The van der Waals surface area contributed by atoms with Gasteiger partial charge >= 0.3 is 12.0 Å². The highest BCUT2D eigenvalue weighted by molar-refractivity contribution is 7.65. The fraction of sp³-hybridized carbons (Fsp3) is 0.800. The maximum absolute atomic E-state index is 10.8. The fourth-order valence-electron chi connectivity index (χ4n) is 0.468. The second kappa shape index (κ2) is 4.55. The number of halogens is 3. The first-order chi connectivity index (χ1) is 4.81. The summed E-state index contributed by atoms with van der Waals surface area (Å²) in [5.41, 5.74) is 0. The maximum Gasteiger partial charge on any atom is 0.352 e. The van der Waals surface area contributed by atoms with E-state index in [1.54, 1.807) is 13.8 Å². The van der Waals surface area contributed by atoms with Gasteiger partial charge < -0.3 is 4.74 Å². The Balaban J connectivity index is 3.71. The molecular formula is C5H9Cl3O2Si. The summed E-state index contributed by atoms with van der Waals surface area (Å²) in [5, 5.41) is 0. The number of rotatable bonds is 3. The molecule has 0 aromatic carbocycles. The molecule has 0 saturated carbocycles. The molecule has 66 valence electrons. The van der Waals surface area contributed by atoms with Crippen LogP contribution in [0.4, 0.5) is 0 Å². The fourth-order valence-corrected chi connectivity index (χ4v) is 1.86. The van der Waals surface area contributed by atoms with Crippen molar-refractivity contribution in [3.8, 4) is 0 Å². The van der Waals surface area contributed by atoms with Crippen molar-refractivity contribution < 1.29 is 9.53 Å². The van der Waals surface area contributed by atoms with Crippen molar-refractivity contribution in [2.24, 2.45) is 0 Å². The van der Waals surface area contributed by atoms with Gasteiger partial charge in [0, 0.05) is 0 Å². The summed E-state index contributed by atoms with van der Waals surface area (Å²) in [7, 11) is 0. The van der Waals surface area contributed by atoms with E-state index in [9.17, 15) is 4.79 Å². The zero-order valence-corrected chi connectivity index (χ0v) is 9.50. The minimum Gasteiger partial charge on any atom is -0.463 e. The molecule has 0 heterocycles. The van der Waals surface area contributed by atoms with Crippen molar-refractivity contribution in [3.05, 3.63) is 0 Å². The molecule has 0 N–H and O–H groups in total. The standard InChI is InChI=1S/C5H9Cl3O2Si/c1-4(2)10-5(9)3-11(6,7)8/h4H,3H2,1-2H3. The van der Waals surface area contributed by atoms with Crippen LogP contribution in [0.3, 0.4) is 0 Å². The number of esters is 1. The van der Waals surface area contributed by atoms with Crippen LogP contribution in [0.5, 0.6) is 0 Å². The zero-order chi connectivity index (χ0) is 9.07. The summed E-state index contributed by atoms with van der Waals surface area (Å²) in [5.74, 6) is -0.438. The topological polar surface area (TPSA) is 26.3 Å². The lowest BCUT2D eigenvalue weighted by molar-refractivity contribution is -0.144. The summed E-state index contributed by atoms with van der Waals surface area (Å²) in [4.78, 5) is 10.8. The second-order valence-electron chi connectivity index (χ2n) is 2.33. The van der Waals surface area contributed by atoms with Gasteiger partial charge in [-0.1, -0.05) is 0 Å². The Hall–Kier alpha value is 0.557. The monoisotopic (exact) mass is 234 g/mol. The van der Waals surface area contributed by atoms with Crippen LogP contribution < -0.4 is 0 Å². The first-order valence-electron chi connectivity index (χ1n) is 3.07. The van der Waals surface area contributed by atoms with Crippen LogP contribution in [0.25, 0.3) is 0 Å². The van der Waals surface area contributed by atoms with Crippen LogP contribution in [0.2, 0.25) is 6.04 Å². The molecule has 0 saturated heterocycles.